The van der Waals surface area contributed by atoms with Crippen molar-refractivity contribution < 1.29 is 15.0 Å². The van der Waals surface area contributed by atoms with Gasteiger partial charge in [0.15, 0.2) is 0 Å². The maximum absolute atomic E-state index is 8.56. The van der Waals surface area contributed by atoms with Gasteiger partial charge in [-0.1, -0.05) is 31.9 Å². The second kappa shape index (κ2) is 7.49. The molecule has 0 aliphatic heterocycles. The molecule has 56 valence electrons. The zero-order valence-electron chi connectivity index (χ0n) is 5.58. The van der Waals surface area contributed by atoms with Gasteiger partial charge in [-0.2, -0.15) is 0 Å². The standard InChI is InChI=1S/C6H8.CH2O3/c1-4-6(3)5-2;2-1(3)4/h4-5H,1-3H2;(H2,2,3,4). The van der Waals surface area contributed by atoms with E-state index in [1.165, 1.54) is 0 Å². The van der Waals surface area contributed by atoms with Crippen molar-refractivity contribution in [2.45, 2.75) is 0 Å². The van der Waals surface area contributed by atoms with Gasteiger partial charge in [0.25, 0.3) is 0 Å². The van der Waals surface area contributed by atoms with Crippen LogP contribution in [-0.2, 0) is 0 Å². The summed E-state index contributed by atoms with van der Waals surface area (Å²) in [7, 11) is 0. The van der Waals surface area contributed by atoms with Gasteiger partial charge in [-0.3, -0.25) is 0 Å². The molecule has 0 rings (SSSR count). The van der Waals surface area contributed by atoms with Crippen molar-refractivity contribution in [3.63, 3.8) is 0 Å². The molecule has 0 amide bonds. The molecule has 0 unspecified atom stereocenters. The molecule has 0 bridgehead atoms. The Balaban J connectivity index is 0. The fraction of sp³-hybridized carbons (Fsp3) is 0. The van der Waals surface area contributed by atoms with Crippen LogP contribution >= 0.6 is 0 Å². The minimum absolute atomic E-state index is 0.870. The van der Waals surface area contributed by atoms with E-state index in [1.54, 1.807) is 12.2 Å². The molecule has 0 aromatic rings. The van der Waals surface area contributed by atoms with Gasteiger partial charge in [-0.05, 0) is 5.57 Å². The summed E-state index contributed by atoms with van der Waals surface area (Å²) < 4.78 is 0. The summed E-state index contributed by atoms with van der Waals surface area (Å²) in [4.78, 5) is 8.56. The van der Waals surface area contributed by atoms with E-state index in [0.29, 0.717) is 0 Å². The Kier molecular flexibility index (Phi) is 8.47. The second-order valence-corrected chi connectivity index (χ2v) is 1.27. The van der Waals surface area contributed by atoms with E-state index < -0.39 is 6.16 Å². The van der Waals surface area contributed by atoms with Crippen LogP contribution in [0.4, 0.5) is 4.79 Å². The molecule has 3 heteroatoms. The van der Waals surface area contributed by atoms with Crippen LogP contribution in [-0.4, -0.2) is 16.4 Å². The summed E-state index contributed by atoms with van der Waals surface area (Å²) in [6.45, 7) is 10.5. The van der Waals surface area contributed by atoms with Crippen LogP contribution in [0.15, 0.2) is 37.5 Å². The first-order valence-electron chi connectivity index (χ1n) is 2.40. The van der Waals surface area contributed by atoms with Gasteiger partial charge in [0.05, 0.1) is 0 Å². The lowest BCUT2D eigenvalue weighted by Crippen LogP contribution is -1.81. The molecular formula is C7H10O3. The maximum atomic E-state index is 8.56. The zero-order chi connectivity index (χ0) is 8.57. The number of carbonyl (C=O) groups is 1. The predicted molar refractivity (Wildman–Crippen MR) is 40.2 cm³/mol. The fourth-order valence-electron chi connectivity index (χ4n) is 0.0833. The first-order valence-corrected chi connectivity index (χ1v) is 2.40. The Morgan fingerprint density at radius 2 is 1.40 bits per heavy atom. The van der Waals surface area contributed by atoms with Gasteiger partial charge >= 0.3 is 6.16 Å². The Morgan fingerprint density at radius 3 is 1.40 bits per heavy atom. The van der Waals surface area contributed by atoms with Crippen LogP contribution in [0.2, 0.25) is 0 Å². The van der Waals surface area contributed by atoms with Crippen molar-refractivity contribution in [1.29, 1.82) is 0 Å². The fourth-order valence-corrected chi connectivity index (χ4v) is 0.0833. The van der Waals surface area contributed by atoms with Crippen molar-refractivity contribution in [2.75, 3.05) is 0 Å². The highest BCUT2D eigenvalue weighted by molar-refractivity contribution is 5.53. The molecular weight excluding hydrogens is 132 g/mol. The molecule has 0 aliphatic carbocycles. The molecule has 0 aromatic heterocycles. The normalized spacial score (nSPS) is 6.40. The third-order valence-corrected chi connectivity index (χ3v) is 0.524. The number of carboxylic acid groups (broad SMARTS) is 2. The highest BCUT2D eigenvalue weighted by Gasteiger charge is 1.70. The van der Waals surface area contributed by atoms with E-state index in [2.05, 4.69) is 19.7 Å². The van der Waals surface area contributed by atoms with Gasteiger partial charge in [0.2, 0.25) is 0 Å². The van der Waals surface area contributed by atoms with Crippen molar-refractivity contribution in [3.8, 4) is 0 Å². The predicted octanol–water partition coefficient (Wildman–Crippen LogP) is 2.14. The average Bonchev–Trinajstić information content (AvgIpc) is 1.85. The first-order chi connectivity index (χ1) is 4.54. The highest BCUT2D eigenvalue weighted by atomic mass is 16.6. The van der Waals surface area contributed by atoms with E-state index in [-0.39, 0.29) is 0 Å². The minimum atomic E-state index is -1.83. The maximum Gasteiger partial charge on any atom is 0.503 e. The Morgan fingerprint density at radius 1 is 1.20 bits per heavy atom. The number of rotatable bonds is 2. The van der Waals surface area contributed by atoms with Gasteiger partial charge < -0.3 is 10.2 Å². The Bertz CT molecular complexity index is 133. The van der Waals surface area contributed by atoms with E-state index >= 15 is 0 Å². The number of hydrogen-bond donors (Lipinski definition) is 2. The zero-order valence-corrected chi connectivity index (χ0v) is 5.58. The molecule has 3 nitrogen and oxygen atoms in total. The molecule has 0 atom stereocenters. The van der Waals surface area contributed by atoms with E-state index in [0.717, 1.165) is 5.57 Å². The summed E-state index contributed by atoms with van der Waals surface area (Å²) in [5, 5.41) is 13.9. The van der Waals surface area contributed by atoms with E-state index in [9.17, 15) is 0 Å². The largest absolute Gasteiger partial charge is 0.503 e. The average molecular weight is 142 g/mol. The van der Waals surface area contributed by atoms with Gasteiger partial charge in [0, 0.05) is 0 Å². The van der Waals surface area contributed by atoms with E-state index in [4.69, 9.17) is 15.0 Å². The topological polar surface area (TPSA) is 57.5 Å². The number of hydrogen-bond acceptors (Lipinski definition) is 1. The van der Waals surface area contributed by atoms with Crippen LogP contribution in [0.3, 0.4) is 0 Å². The van der Waals surface area contributed by atoms with Gasteiger partial charge in [-0.25, -0.2) is 4.79 Å². The molecule has 2 N–H and O–H groups in total. The summed E-state index contributed by atoms with van der Waals surface area (Å²) in [6, 6.07) is 0. The van der Waals surface area contributed by atoms with Crippen molar-refractivity contribution in [2.24, 2.45) is 0 Å². The van der Waals surface area contributed by atoms with Crippen LogP contribution in [0, 0.1) is 0 Å². The van der Waals surface area contributed by atoms with Crippen LogP contribution in [0.25, 0.3) is 0 Å². The summed E-state index contributed by atoms with van der Waals surface area (Å²) >= 11 is 0. The SMILES string of the molecule is C=CC(=C)C=C.O=C(O)O. The molecule has 0 aromatic carbocycles. The van der Waals surface area contributed by atoms with Crippen LogP contribution in [0.1, 0.15) is 0 Å². The Labute approximate surface area is 59.6 Å². The lowest BCUT2D eigenvalue weighted by molar-refractivity contribution is 0.137. The van der Waals surface area contributed by atoms with Gasteiger partial charge in [-0.15, -0.1) is 0 Å². The second-order valence-electron chi connectivity index (χ2n) is 1.27. The highest BCUT2D eigenvalue weighted by Crippen LogP contribution is 1.86. The molecule has 0 fully saturated rings. The van der Waals surface area contributed by atoms with Crippen molar-refractivity contribution in [3.05, 3.63) is 37.5 Å². The molecule has 0 spiro atoms. The smallest absolute Gasteiger partial charge is 0.450 e. The Hall–Kier alpha value is -1.51. The lowest BCUT2D eigenvalue weighted by atomic mass is 10.3. The number of allylic oxidation sites excluding steroid dienone is 3. The summed E-state index contributed by atoms with van der Waals surface area (Å²) in [5.74, 6) is 0. The molecule has 0 radical (unpaired) electrons. The van der Waals surface area contributed by atoms with Crippen molar-refractivity contribution in [1.82, 2.24) is 0 Å². The van der Waals surface area contributed by atoms with Crippen LogP contribution in [0.5, 0.6) is 0 Å². The quantitative estimate of drug-likeness (QED) is 0.580. The summed E-state index contributed by atoms with van der Waals surface area (Å²) in [5.41, 5.74) is 0.870. The molecule has 0 saturated carbocycles. The van der Waals surface area contributed by atoms with Crippen molar-refractivity contribution >= 4 is 6.16 Å². The third-order valence-electron chi connectivity index (χ3n) is 0.524. The van der Waals surface area contributed by atoms with Crippen LogP contribution < -0.4 is 0 Å². The molecule has 0 heterocycles. The monoisotopic (exact) mass is 142 g/mol. The third kappa shape index (κ3) is 31.5. The molecule has 0 saturated heterocycles. The van der Waals surface area contributed by atoms with Gasteiger partial charge in [0.1, 0.15) is 0 Å². The molecule has 10 heavy (non-hydrogen) atoms. The lowest BCUT2D eigenvalue weighted by Gasteiger charge is -1.76. The molecule has 0 aliphatic rings. The minimum Gasteiger partial charge on any atom is -0.450 e. The van der Waals surface area contributed by atoms with E-state index in [1.807, 2.05) is 0 Å². The summed E-state index contributed by atoms with van der Waals surface area (Å²) in [6.07, 6.45) is 1.49. The first kappa shape index (κ1) is 11.3.